The lowest BCUT2D eigenvalue weighted by Gasteiger charge is -2.22. The lowest BCUT2D eigenvalue weighted by Crippen LogP contribution is -2.36. The normalized spacial score (nSPS) is 11.0. The van der Waals surface area contributed by atoms with E-state index in [0.29, 0.717) is 22.3 Å². The molecule has 5 nitrogen and oxygen atoms in total. The van der Waals surface area contributed by atoms with Crippen molar-refractivity contribution in [3.8, 4) is 11.1 Å². The Labute approximate surface area is 177 Å². The number of amides is 1. The first kappa shape index (κ1) is 20.0. The minimum absolute atomic E-state index is 0.109. The largest absolute Gasteiger partial charge is 0.311 e. The third-order valence-electron chi connectivity index (χ3n) is 4.95. The van der Waals surface area contributed by atoms with Gasteiger partial charge < -0.3 is 4.90 Å². The van der Waals surface area contributed by atoms with Gasteiger partial charge in [0.1, 0.15) is 17.2 Å². The average Bonchev–Trinajstić information content (AvgIpc) is 3.16. The molecule has 4 rings (SSSR count). The van der Waals surface area contributed by atoms with Gasteiger partial charge in [-0.05, 0) is 49.2 Å². The van der Waals surface area contributed by atoms with Crippen LogP contribution in [0, 0.1) is 12.7 Å². The van der Waals surface area contributed by atoms with Crippen LogP contribution >= 0.6 is 11.3 Å². The van der Waals surface area contributed by atoms with Gasteiger partial charge >= 0.3 is 0 Å². The molecule has 2 heterocycles. The van der Waals surface area contributed by atoms with Gasteiger partial charge in [-0.2, -0.15) is 0 Å². The van der Waals surface area contributed by atoms with Crippen LogP contribution in [-0.4, -0.2) is 22.0 Å². The standard InChI is InChI=1S/C23H20FN3O2S/c1-3-27(18-6-4-5-15(2)11-18)20(28)12-26-14-25-22-21(23(26)29)19(13-30-22)16-7-9-17(24)10-8-16/h4-11,13-14H,3,12H2,1-2H3. The van der Waals surface area contributed by atoms with Crippen LogP contribution in [0.15, 0.2) is 65.0 Å². The molecule has 0 spiro atoms. The number of hydrogen-bond donors (Lipinski definition) is 0. The molecule has 152 valence electrons. The van der Waals surface area contributed by atoms with E-state index in [0.717, 1.165) is 16.8 Å². The molecule has 0 aliphatic heterocycles. The predicted molar refractivity (Wildman–Crippen MR) is 118 cm³/mol. The van der Waals surface area contributed by atoms with E-state index >= 15 is 0 Å². The molecule has 0 bridgehead atoms. The molecule has 0 saturated heterocycles. The van der Waals surface area contributed by atoms with Crippen molar-refractivity contribution in [1.82, 2.24) is 9.55 Å². The zero-order valence-corrected chi connectivity index (χ0v) is 17.4. The fourth-order valence-corrected chi connectivity index (χ4v) is 4.36. The first-order chi connectivity index (χ1) is 14.5. The monoisotopic (exact) mass is 421 g/mol. The van der Waals surface area contributed by atoms with Crippen LogP contribution in [-0.2, 0) is 11.3 Å². The molecule has 0 radical (unpaired) electrons. The maximum absolute atomic E-state index is 13.3. The molecule has 0 fully saturated rings. The van der Waals surface area contributed by atoms with Gasteiger partial charge in [0.05, 0.1) is 11.7 Å². The first-order valence-corrected chi connectivity index (χ1v) is 10.5. The van der Waals surface area contributed by atoms with Gasteiger partial charge in [0, 0.05) is 23.2 Å². The van der Waals surface area contributed by atoms with E-state index in [9.17, 15) is 14.0 Å². The molecule has 0 atom stereocenters. The minimum atomic E-state index is -0.338. The second-order valence-electron chi connectivity index (χ2n) is 6.99. The van der Waals surface area contributed by atoms with Gasteiger partial charge in [0.2, 0.25) is 5.91 Å². The third-order valence-corrected chi connectivity index (χ3v) is 5.84. The summed E-state index contributed by atoms with van der Waals surface area (Å²) in [5.41, 5.74) is 3.00. The Hall–Kier alpha value is -3.32. The molecule has 1 amide bonds. The summed E-state index contributed by atoms with van der Waals surface area (Å²) >= 11 is 1.35. The summed E-state index contributed by atoms with van der Waals surface area (Å²) in [6.07, 6.45) is 1.41. The molecule has 0 saturated carbocycles. The summed E-state index contributed by atoms with van der Waals surface area (Å²) in [4.78, 5) is 32.8. The summed E-state index contributed by atoms with van der Waals surface area (Å²) in [6, 6.07) is 13.7. The highest BCUT2D eigenvalue weighted by molar-refractivity contribution is 7.17. The molecule has 0 aliphatic carbocycles. The number of fused-ring (bicyclic) bond motifs is 1. The van der Waals surface area contributed by atoms with E-state index in [2.05, 4.69) is 4.98 Å². The number of anilines is 1. The molecule has 2 aromatic heterocycles. The Morgan fingerprint density at radius 2 is 1.97 bits per heavy atom. The highest BCUT2D eigenvalue weighted by Gasteiger charge is 2.18. The number of thiophene rings is 1. The number of carbonyl (C=O) groups excluding carboxylic acids is 1. The number of rotatable bonds is 5. The summed E-state index contributed by atoms with van der Waals surface area (Å²) in [5, 5.41) is 2.28. The number of hydrogen-bond acceptors (Lipinski definition) is 4. The van der Waals surface area contributed by atoms with Gasteiger partial charge in [0.25, 0.3) is 5.56 Å². The van der Waals surface area contributed by atoms with Crippen LogP contribution in [0.5, 0.6) is 0 Å². The van der Waals surface area contributed by atoms with Crippen molar-refractivity contribution >= 4 is 33.1 Å². The summed E-state index contributed by atoms with van der Waals surface area (Å²) < 4.78 is 14.6. The molecular weight excluding hydrogens is 401 g/mol. The van der Waals surface area contributed by atoms with Gasteiger partial charge in [-0.25, -0.2) is 9.37 Å². The van der Waals surface area contributed by atoms with Crippen molar-refractivity contribution in [3.05, 3.63) is 82.0 Å². The zero-order valence-electron chi connectivity index (χ0n) is 16.6. The Kier molecular flexibility index (Phi) is 5.46. The number of carbonyl (C=O) groups is 1. The van der Waals surface area contributed by atoms with Crippen molar-refractivity contribution in [2.24, 2.45) is 0 Å². The minimum Gasteiger partial charge on any atom is -0.311 e. The van der Waals surface area contributed by atoms with Crippen molar-refractivity contribution in [3.63, 3.8) is 0 Å². The molecular formula is C23H20FN3O2S. The Morgan fingerprint density at radius 3 is 2.67 bits per heavy atom. The van der Waals surface area contributed by atoms with Crippen LogP contribution in [0.1, 0.15) is 12.5 Å². The second-order valence-corrected chi connectivity index (χ2v) is 7.85. The second kappa shape index (κ2) is 8.20. The fourth-order valence-electron chi connectivity index (χ4n) is 3.45. The molecule has 0 N–H and O–H groups in total. The fraction of sp³-hybridized carbons (Fsp3) is 0.174. The Morgan fingerprint density at radius 1 is 1.20 bits per heavy atom. The van der Waals surface area contributed by atoms with Crippen molar-refractivity contribution in [2.45, 2.75) is 20.4 Å². The number of aromatic nitrogens is 2. The Balaban J connectivity index is 1.70. The lowest BCUT2D eigenvalue weighted by molar-refractivity contribution is -0.119. The quantitative estimate of drug-likeness (QED) is 0.472. The first-order valence-electron chi connectivity index (χ1n) is 9.57. The van der Waals surface area contributed by atoms with E-state index in [4.69, 9.17) is 0 Å². The van der Waals surface area contributed by atoms with E-state index in [1.807, 2.05) is 43.5 Å². The van der Waals surface area contributed by atoms with Gasteiger partial charge in [-0.1, -0.05) is 24.3 Å². The molecule has 4 aromatic rings. The van der Waals surface area contributed by atoms with Gasteiger partial charge in [-0.3, -0.25) is 14.2 Å². The lowest BCUT2D eigenvalue weighted by atomic mass is 10.1. The van der Waals surface area contributed by atoms with Crippen LogP contribution in [0.4, 0.5) is 10.1 Å². The number of benzene rings is 2. The average molecular weight is 421 g/mol. The molecule has 0 aliphatic rings. The molecule has 0 unspecified atom stereocenters. The maximum Gasteiger partial charge on any atom is 0.263 e. The van der Waals surface area contributed by atoms with E-state index < -0.39 is 0 Å². The maximum atomic E-state index is 13.3. The predicted octanol–water partition coefficient (Wildman–Crippen LogP) is 4.63. The van der Waals surface area contributed by atoms with Gasteiger partial charge in [-0.15, -0.1) is 11.3 Å². The Bertz CT molecular complexity index is 1280. The highest BCUT2D eigenvalue weighted by atomic mass is 32.1. The topological polar surface area (TPSA) is 55.2 Å². The van der Waals surface area contributed by atoms with Crippen LogP contribution in [0.3, 0.4) is 0 Å². The number of nitrogens with zero attached hydrogens (tertiary/aromatic N) is 3. The summed E-state index contributed by atoms with van der Waals surface area (Å²) in [7, 11) is 0. The highest BCUT2D eigenvalue weighted by Crippen LogP contribution is 2.30. The SMILES string of the molecule is CCN(C(=O)Cn1cnc2scc(-c3ccc(F)cc3)c2c1=O)c1cccc(C)c1. The van der Waals surface area contributed by atoms with E-state index in [1.165, 1.54) is 34.4 Å². The number of halogens is 1. The zero-order chi connectivity index (χ0) is 21.3. The summed E-state index contributed by atoms with van der Waals surface area (Å²) in [5.74, 6) is -0.528. The molecule has 7 heteroatoms. The number of aryl methyl sites for hydroxylation is 1. The van der Waals surface area contributed by atoms with E-state index in [-0.39, 0.29) is 23.8 Å². The molecule has 30 heavy (non-hydrogen) atoms. The van der Waals surface area contributed by atoms with Crippen molar-refractivity contribution < 1.29 is 9.18 Å². The van der Waals surface area contributed by atoms with Crippen molar-refractivity contribution in [1.29, 1.82) is 0 Å². The molecule has 2 aromatic carbocycles. The smallest absolute Gasteiger partial charge is 0.263 e. The third kappa shape index (κ3) is 3.76. The van der Waals surface area contributed by atoms with Crippen LogP contribution in [0.25, 0.3) is 21.3 Å². The summed E-state index contributed by atoms with van der Waals surface area (Å²) in [6.45, 7) is 4.25. The van der Waals surface area contributed by atoms with Gasteiger partial charge in [0.15, 0.2) is 0 Å². The van der Waals surface area contributed by atoms with Crippen molar-refractivity contribution in [2.75, 3.05) is 11.4 Å². The van der Waals surface area contributed by atoms with Crippen LogP contribution < -0.4 is 10.5 Å². The number of likely N-dealkylation sites (N-methyl/N-ethyl adjacent to an activating group) is 1. The van der Waals surface area contributed by atoms with Crippen LogP contribution in [0.2, 0.25) is 0 Å². The van der Waals surface area contributed by atoms with E-state index in [1.54, 1.807) is 17.0 Å².